The summed E-state index contributed by atoms with van der Waals surface area (Å²) in [7, 11) is 1.38. The third-order valence-electron chi connectivity index (χ3n) is 1.95. The molecule has 0 amide bonds. The molecule has 0 rings (SSSR count). The highest BCUT2D eigenvalue weighted by atomic mass is 16.5. The molecule has 0 atom stereocenters. The fraction of sp³-hybridized carbons (Fsp3) is 0.750. The lowest BCUT2D eigenvalue weighted by Crippen LogP contribution is -2.10. The van der Waals surface area contributed by atoms with Gasteiger partial charge in [-0.2, -0.15) is 0 Å². The average Bonchev–Trinajstić information content (AvgIpc) is 2.27. The van der Waals surface area contributed by atoms with E-state index in [0.717, 1.165) is 0 Å². The normalized spacial score (nSPS) is 11.9. The molecule has 0 heterocycles. The molecule has 0 aromatic heterocycles. The summed E-state index contributed by atoms with van der Waals surface area (Å²) in [4.78, 5) is 11.2. The molecule has 16 heavy (non-hydrogen) atoms. The lowest BCUT2D eigenvalue weighted by molar-refractivity contribution is -0.136. The molecule has 94 valence electrons. The highest BCUT2D eigenvalue weighted by Crippen LogP contribution is 2.02. The number of hydrogen-bond acceptors (Lipinski definition) is 4. The second-order valence-electron chi connectivity index (χ2n) is 3.57. The van der Waals surface area contributed by atoms with Gasteiger partial charge in [-0.25, -0.2) is 4.79 Å². The van der Waals surface area contributed by atoms with Crippen LogP contribution in [0.15, 0.2) is 11.6 Å². The van der Waals surface area contributed by atoms with Crippen LogP contribution in [-0.4, -0.2) is 39.0 Å². The number of carbonyl (C=O) groups excluding carboxylic acids is 1. The molecule has 0 radical (unpaired) electrons. The summed E-state index contributed by atoms with van der Waals surface area (Å²) in [6.07, 6.45) is 2.63. The van der Waals surface area contributed by atoms with Gasteiger partial charge in [-0.1, -0.05) is 6.92 Å². The maximum absolute atomic E-state index is 11.2. The minimum absolute atomic E-state index is 0.223. The Hall–Kier alpha value is -0.870. The second-order valence-corrected chi connectivity index (χ2v) is 3.57. The zero-order chi connectivity index (χ0) is 12.4. The van der Waals surface area contributed by atoms with Crippen LogP contribution >= 0.6 is 0 Å². The maximum Gasteiger partial charge on any atom is 0.333 e. The smallest absolute Gasteiger partial charge is 0.333 e. The number of esters is 1. The zero-order valence-corrected chi connectivity index (χ0v) is 10.6. The Morgan fingerprint density at radius 1 is 1.31 bits per heavy atom. The van der Waals surface area contributed by atoms with E-state index in [1.54, 1.807) is 6.08 Å². The van der Waals surface area contributed by atoms with Gasteiger partial charge in [-0.05, 0) is 26.3 Å². The van der Waals surface area contributed by atoms with Crippen molar-refractivity contribution in [3.63, 3.8) is 0 Å². The third-order valence-corrected chi connectivity index (χ3v) is 1.95. The van der Waals surface area contributed by atoms with Gasteiger partial charge >= 0.3 is 5.97 Å². The van der Waals surface area contributed by atoms with E-state index in [2.05, 4.69) is 4.74 Å². The summed E-state index contributed by atoms with van der Waals surface area (Å²) in [5.74, 6) is -0.287. The SMILES string of the molecule is CCC(=CCOCCOC(C)C)C(=O)OC. The molecule has 0 aromatic carbocycles. The summed E-state index contributed by atoms with van der Waals surface area (Å²) in [5, 5.41) is 0. The first-order valence-electron chi connectivity index (χ1n) is 5.58. The summed E-state index contributed by atoms with van der Waals surface area (Å²) in [6.45, 7) is 7.39. The van der Waals surface area contributed by atoms with E-state index in [0.29, 0.717) is 31.8 Å². The van der Waals surface area contributed by atoms with Gasteiger partial charge in [0, 0.05) is 5.57 Å². The van der Waals surface area contributed by atoms with Crippen LogP contribution in [0.3, 0.4) is 0 Å². The Morgan fingerprint density at radius 2 is 2.00 bits per heavy atom. The van der Waals surface area contributed by atoms with Crippen LogP contribution in [0.5, 0.6) is 0 Å². The van der Waals surface area contributed by atoms with E-state index in [-0.39, 0.29) is 12.1 Å². The Bertz CT molecular complexity index is 221. The number of ether oxygens (including phenoxy) is 3. The van der Waals surface area contributed by atoms with Crippen molar-refractivity contribution in [2.75, 3.05) is 26.9 Å². The second kappa shape index (κ2) is 9.36. The van der Waals surface area contributed by atoms with Gasteiger partial charge in [0.1, 0.15) is 0 Å². The minimum atomic E-state index is -0.287. The largest absolute Gasteiger partial charge is 0.466 e. The van der Waals surface area contributed by atoms with Gasteiger partial charge < -0.3 is 14.2 Å². The molecule has 0 saturated heterocycles. The molecule has 4 nitrogen and oxygen atoms in total. The van der Waals surface area contributed by atoms with Crippen LogP contribution in [0.4, 0.5) is 0 Å². The first kappa shape index (κ1) is 15.1. The number of carbonyl (C=O) groups is 1. The standard InChI is InChI=1S/C12H22O4/c1-5-11(12(13)14-4)6-7-15-8-9-16-10(2)3/h6,10H,5,7-9H2,1-4H3. The molecule has 0 aliphatic heterocycles. The lowest BCUT2D eigenvalue weighted by atomic mass is 10.2. The summed E-state index contributed by atoms with van der Waals surface area (Å²) >= 11 is 0. The van der Waals surface area contributed by atoms with E-state index in [4.69, 9.17) is 9.47 Å². The predicted octanol–water partition coefficient (Wildman–Crippen LogP) is 1.94. The topological polar surface area (TPSA) is 44.8 Å². The van der Waals surface area contributed by atoms with E-state index >= 15 is 0 Å². The highest BCUT2D eigenvalue weighted by molar-refractivity contribution is 5.88. The molecule has 0 spiro atoms. The predicted molar refractivity (Wildman–Crippen MR) is 62.3 cm³/mol. The number of methoxy groups -OCH3 is 1. The molecule has 4 heteroatoms. The van der Waals surface area contributed by atoms with Crippen molar-refractivity contribution in [1.82, 2.24) is 0 Å². The average molecular weight is 230 g/mol. The van der Waals surface area contributed by atoms with Crippen LogP contribution in [0.25, 0.3) is 0 Å². The summed E-state index contributed by atoms with van der Waals surface area (Å²) in [6, 6.07) is 0. The molecule has 0 bridgehead atoms. The maximum atomic E-state index is 11.2. The van der Waals surface area contributed by atoms with E-state index < -0.39 is 0 Å². The molecule has 0 aromatic rings. The molecule has 0 N–H and O–H groups in total. The Labute approximate surface area is 97.6 Å². The molecular formula is C12H22O4. The molecular weight excluding hydrogens is 208 g/mol. The molecule has 0 unspecified atom stereocenters. The van der Waals surface area contributed by atoms with E-state index in [1.807, 2.05) is 20.8 Å². The lowest BCUT2D eigenvalue weighted by Gasteiger charge is -2.07. The van der Waals surface area contributed by atoms with Crippen molar-refractivity contribution >= 4 is 5.97 Å². The minimum Gasteiger partial charge on any atom is -0.466 e. The van der Waals surface area contributed by atoms with Gasteiger partial charge in [0.05, 0.1) is 33.0 Å². The summed E-state index contributed by atoms with van der Waals surface area (Å²) in [5.41, 5.74) is 0.646. The van der Waals surface area contributed by atoms with Gasteiger partial charge in [-0.15, -0.1) is 0 Å². The fourth-order valence-corrected chi connectivity index (χ4v) is 1.09. The van der Waals surface area contributed by atoms with Crippen molar-refractivity contribution in [1.29, 1.82) is 0 Å². The Balaban J connectivity index is 3.68. The number of rotatable bonds is 8. The molecule has 0 fully saturated rings. The molecule has 0 saturated carbocycles. The van der Waals surface area contributed by atoms with E-state index in [9.17, 15) is 4.79 Å². The monoisotopic (exact) mass is 230 g/mol. The molecule has 0 aliphatic rings. The van der Waals surface area contributed by atoms with Gasteiger partial charge in [0.25, 0.3) is 0 Å². The van der Waals surface area contributed by atoms with Crippen LogP contribution < -0.4 is 0 Å². The van der Waals surface area contributed by atoms with Crippen molar-refractivity contribution in [2.24, 2.45) is 0 Å². The number of hydrogen-bond donors (Lipinski definition) is 0. The van der Waals surface area contributed by atoms with Crippen LogP contribution in [0.1, 0.15) is 27.2 Å². The van der Waals surface area contributed by atoms with Gasteiger partial charge in [0.2, 0.25) is 0 Å². The van der Waals surface area contributed by atoms with E-state index in [1.165, 1.54) is 7.11 Å². The van der Waals surface area contributed by atoms with Crippen molar-refractivity contribution < 1.29 is 19.0 Å². The quantitative estimate of drug-likeness (QED) is 0.363. The van der Waals surface area contributed by atoms with Crippen LogP contribution in [-0.2, 0) is 19.0 Å². The highest BCUT2D eigenvalue weighted by Gasteiger charge is 2.05. The Kier molecular flexibility index (Phi) is 8.85. The first-order valence-corrected chi connectivity index (χ1v) is 5.58. The van der Waals surface area contributed by atoms with Crippen molar-refractivity contribution in [3.05, 3.63) is 11.6 Å². The zero-order valence-electron chi connectivity index (χ0n) is 10.6. The molecule has 0 aliphatic carbocycles. The first-order chi connectivity index (χ1) is 7.61. The van der Waals surface area contributed by atoms with Gasteiger partial charge in [-0.3, -0.25) is 0 Å². The third kappa shape index (κ3) is 7.43. The van der Waals surface area contributed by atoms with Crippen LogP contribution in [0.2, 0.25) is 0 Å². The van der Waals surface area contributed by atoms with Crippen molar-refractivity contribution in [2.45, 2.75) is 33.3 Å². The fourth-order valence-electron chi connectivity index (χ4n) is 1.09. The Morgan fingerprint density at radius 3 is 2.50 bits per heavy atom. The van der Waals surface area contributed by atoms with Crippen molar-refractivity contribution in [3.8, 4) is 0 Å². The summed E-state index contributed by atoms with van der Waals surface area (Å²) < 4.78 is 15.2. The van der Waals surface area contributed by atoms with Crippen LogP contribution in [0, 0.1) is 0 Å². The van der Waals surface area contributed by atoms with Gasteiger partial charge in [0.15, 0.2) is 0 Å².